The molecule has 2 unspecified atom stereocenters. The summed E-state index contributed by atoms with van der Waals surface area (Å²) in [7, 11) is 3.26. The number of methoxy groups -OCH3 is 2. The minimum absolute atomic E-state index is 0.0147. The molecule has 4 heteroatoms. The highest BCUT2D eigenvalue weighted by molar-refractivity contribution is 5.50. The average molecular weight is 239 g/mol. The molecule has 2 N–H and O–H groups in total. The minimum Gasteiger partial charge on any atom is -0.497 e. The van der Waals surface area contributed by atoms with Gasteiger partial charge in [0, 0.05) is 18.9 Å². The van der Waals surface area contributed by atoms with E-state index >= 15 is 0 Å². The highest BCUT2D eigenvalue weighted by Crippen LogP contribution is 2.23. The Morgan fingerprint density at radius 2 is 2.12 bits per heavy atom. The number of aliphatic hydroxyl groups is 1. The first-order chi connectivity index (χ1) is 8.05. The Morgan fingerprint density at radius 3 is 2.65 bits per heavy atom. The van der Waals surface area contributed by atoms with E-state index in [1.54, 1.807) is 14.2 Å². The van der Waals surface area contributed by atoms with Crippen molar-refractivity contribution in [3.8, 4) is 5.75 Å². The van der Waals surface area contributed by atoms with E-state index in [0.717, 1.165) is 11.4 Å². The van der Waals surface area contributed by atoms with E-state index in [2.05, 4.69) is 5.32 Å². The number of aliphatic hydroxyl groups excluding tert-OH is 1. The number of benzene rings is 1. The van der Waals surface area contributed by atoms with Gasteiger partial charge in [0.05, 0.1) is 25.4 Å². The maximum absolute atomic E-state index is 9.50. The summed E-state index contributed by atoms with van der Waals surface area (Å²) in [4.78, 5) is 0. The monoisotopic (exact) mass is 239 g/mol. The Balaban J connectivity index is 2.86. The fraction of sp³-hybridized carbons (Fsp3) is 0.538. The fourth-order valence-electron chi connectivity index (χ4n) is 1.56. The number of anilines is 1. The summed E-state index contributed by atoms with van der Waals surface area (Å²) >= 11 is 0. The van der Waals surface area contributed by atoms with Crippen LogP contribution in [0, 0.1) is 0 Å². The standard InChI is InChI=1S/C13H21NO3/c1-10(16-3)13(2,9-15)14-11-6-5-7-12(8-11)17-4/h5-8,10,14-15H,9H2,1-4H3. The van der Waals surface area contributed by atoms with Crippen LogP contribution in [0.25, 0.3) is 0 Å². The van der Waals surface area contributed by atoms with Gasteiger partial charge in [-0.3, -0.25) is 0 Å². The molecule has 0 bridgehead atoms. The zero-order valence-corrected chi connectivity index (χ0v) is 10.9. The summed E-state index contributed by atoms with van der Waals surface area (Å²) < 4.78 is 10.4. The normalized spacial score (nSPS) is 16.1. The van der Waals surface area contributed by atoms with Crippen molar-refractivity contribution < 1.29 is 14.6 Å². The highest BCUT2D eigenvalue weighted by atomic mass is 16.5. The lowest BCUT2D eigenvalue weighted by molar-refractivity contribution is 0.0380. The van der Waals surface area contributed by atoms with Crippen LogP contribution in [-0.2, 0) is 4.74 Å². The highest BCUT2D eigenvalue weighted by Gasteiger charge is 2.30. The van der Waals surface area contributed by atoms with E-state index in [1.165, 1.54) is 0 Å². The lowest BCUT2D eigenvalue weighted by Crippen LogP contribution is -2.49. The van der Waals surface area contributed by atoms with E-state index in [4.69, 9.17) is 9.47 Å². The first-order valence-corrected chi connectivity index (χ1v) is 5.61. The van der Waals surface area contributed by atoms with Crippen LogP contribution in [0.3, 0.4) is 0 Å². The van der Waals surface area contributed by atoms with Gasteiger partial charge in [-0.05, 0) is 26.0 Å². The van der Waals surface area contributed by atoms with Gasteiger partial charge in [-0.15, -0.1) is 0 Å². The summed E-state index contributed by atoms with van der Waals surface area (Å²) in [6.07, 6.45) is -0.112. The molecule has 1 aromatic rings. The van der Waals surface area contributed by atoms with Gasteiger partial charge in [-0.1, -0.05) is 6.07 Å². The number of hydrogen-bond acceptors (Lipinski definition) is 4. The van der Waals surface area contributed by atoms with Crippen LogP contribution in [0.1, 0.15) is 13.8 Å². The lowest BCUT2D eigenvalue weighted by Gasteiger charge is -2.35. The Bertz CT molecular complexity index is 356. The Kier molecular flexibility index (Phi) is 4.78. The molecule has 0 radical (unpaired) electrons. The van der Waals surface area contributed by atoms with Gasteiger partial charge in [0.2, 0.25) is 0 Å². The van der Waals surface area contributed by atoms with Crippen molar-refractivity contribution in [1.82, 2.24) is 0 Å². The molecule has 96 valence electrons. The molecule has 1 rings (SSSR count). The molecule has 0 saturated carbocycles. The molecule has 17 heavy (non-hydrogen) atoms. The van der Waals surface area contributed by atoms with Crippen molar-refractivity contribution in [2.45, 2.75) is 25.5 Å². The van der Waals surface area contributed by atoms with Crippen LogP contribution in [0.15, 0.2) is 24.3 Å². The van der Waals surface area contributed by atoms with Gasteiger partial charge in [0.25, 0.3) is 0 Å². The average Bonchev–Trinajstić information content (AvgIpc) is 2.37. The Labute approximate surface area is 103 Å². The molecule has 1 aromatic carbocycles. The molecular formula is C13H21NO3. The lowest BCUT2D eigenvalue weighted by atomic mass is 9.96. The van der Waals surface area contributed by atoms with Crippen molar-refractivity contribution in [2.24, 2.45) is 0 Å². The predicted molar refractivity (Wildman–Crippen MR) is 68.6 cm³/mol. The van der Waals surface area contributed by atoms with Crippen LogP contribution in [0.5, 0.6) is 5.75 Å². The molecule has 2 atom stereocenters. The number of rotatable bonds is 6. The van der Waals surface area contributed by atoms with Gasteiger partial charge in [-0.25, -0.2) is 0 Å². The first-order valence-electron chi connectivity index (χ1n) is 5.61. The second-order valence-corrected chi connectivity index (χ2v) is 4.31. The van der Waals surface area contributed by atoms with Crippen LogP contribution in [0.2, 0.25) is 0 Å². The molecule has 4 nitrogen and oxygen atoms in total. The van der Waals surface area contributed by atoms with E-state index < -0.39 is 5.54 Å². The maximum atomic E-state index is 9.50. The molecule has 0 aromatic heterocycles. The van der Waals surface area contributed by atoms with E-state index in [1.807, 2.05) is 38.1 Å². The van der Waals surface area contributed by atoms with E-state index in [9.17, 15) is 5.11 Å². The summed E-state index contributed by atoms with van der Waals surface area (Å²) in [6.45, 7) is 3.82. The zero-order valence-electron chi connectivity index (χ0n) is 10.9. The van der Waals surface area contributed by atoms with Gasteiger partial charge in [-0.2, -0.15) is 0 Å². The molecule has 0 aliphatic heterocycles. The molecular weight excluding hydrogens is 218 g/mol. The van der Waals surface area contributed by atoms with Crippen molar-refractivity contribution in [3.63, 3.8) is 0 Å². The largest absolute Gasteiger partial charge is 0.497 e. The summed E-state index contributed by atoms with van der Waals surface area (Å²) in [5, 5.41) is 12.8. The predicted octanol–water partition coefficient (Wildman–Crippen LogP) is 1.89. The van der Waals surface area contributed by atoms with Crippen molar-refractivity contribution in [2.75, 3.05) is 26.1 Å². The van der Waals surface area contributed by atoms with Crippen LogP contribution in [0.4, 0.5) is 5.69 Å². The Morgan fingerprint density at radius 1 is 1.41 bits per heavy atom. The molecule has 0 amide bonds. The minimum atomic E-state index is -0.527. The maximum Gasteiger partial charge on any atom is 0.120 e. The SMILES string of the molecule is COc1cccc(NC(C)(CO)C(C)OC)c1. The van der Waals surface area contributed by atoms with Crippen LogP contribution in [-0.4, -0.2) is 37.6 Å². The summed E-state index contributed by atoms with van der Waals surface area (Å²) in [6, 6.07) is 7.59. The smallest absolute Gasteiger partial charge is 0.120 e. The topological polar surface area (TPSA) is 50.7 Å². The molecule has 0 aliphatic carbocycles. The van der Waals surface area contributed by atoms with Gasteiger partial charge >= 0.3 is 0 Å². The third kappa shape index (κ3) is 3.35. The zero-order chi connectivity index (χ0) is 12.9. The molecule has 0 spiro atoms. The van der Waals surface area contributed by atoms with Gasteiger partial charge in [0.15, 0.2) is 0 Å². The van der Waals surface area contributed by atoms with Crippen molar-refractivity contribution in [1.29, 1.82) is 0 Å². The third-order valence-electron chi connectivity index (χ3n) is 3.08. The van der Waals surface area contributed by atoms with Crippen molar-refractivity contribution >= 4 is 5.69 Å². The van der Waals surface area contributed by atoms with Crippen LogP contribution < -0.4 is 10.1 Å². The molecule has 0 heterocycles. The molecule has 0 aliphatic rings. The summed E-state index contributed by atoms with van der Waals surface area (Å²) in [5.74, 6) is 0.778. The number of nitrogens with one attached hydrogen (secondary N) is 1. The van der Waals surface area contributed by atoms with Gasteiger partial charge < -0.3 is 19.9 Å². The Hall–Kier alpha value is -1.26. The quantitative estimate of drug-likeness (QED) is 0.796. The second kappa shape index (κ2) is 5.89. The number of hydrogen-bond donors (Lipinski definition) is 2. The van der Waals surface area contributed by atoms with E-state index in [-0.39, 0.29) is 12.7 Å². The van der Waals surface area contributed by atoms with Gasteiger partial charge in [0.1, 0.15) is 5.75 Å². The molecule has 0 fully saturated rings. The number of ether oxygens (including phenoxy) is 2. The second-order valence-electron chi connectivity index (χ2n) is 4.31. The fourth-order valence-corrected chi connectivity index (χ4v) is 1.56. The van der Waals surface area contributed by atoms with Crippen LogP contribution >= 0.6 is 0 Å². The molecule has 0 saturated heterocycles. The summed E-state index contributed by atoms with van der Waals surface area (Å²) in [5.41, 5.74) is 0.367. The van der Waals surface area contributed by atoms with Crippen molar-refractivity contribution in [3.05, 3.63) is 24.3 Å². The third-order valence-corrected chi connectivity index (χ3v) is 3.08. The van der Waals surface area contributed by atoms with E-state index in [0.29, 0.717) is 0 Å². The first kappa shape index (κ1) is 13.8.